The van der Waals surface area contributed by atoms with Gasteiger partial charge in [0.25, 0.3) is 5.69 Å². The van der Waals surface area contributed by atoms with Crippen molar-refractivity contribution in [1.29, 1.82) is 0 Å². The lowest BCUT2D eigenvalue weighted by Gasteiger charge is -2.26. The molecule has 1 aliphatic heterocycles. The van der Waals surface area contributed by atoms with Gasteiger partial charge < -0.3 is 19.4 Å². The van der Waals surface area contributed by atoms with Gasteiger partial charge in [0.1, 0.15) is 23.3 Å². The largest absolute Gasteiger partial charge is 0.495 e. The molecule has 1 fully saturated rings. The van der Waals surface area contributed by atoms with Crippen LogP contribution in [0.5, 0.6) is 5.75 Å². The Kier molecular flexibility index (Phi) is 6.10. The number of rotatable bonds is 6. The van der Waals surface area contributed by atoms with Crippen LogP contribution in [0.15, 0.2) is 83.4 Å². The van der Waals surface area contributed by atoms with E-state index in [2.05, 4.69) is 10.3 Å². The second kappa shape index (κ2) is 9.36. The number of benzene rings is 2. The van der Waals surface area contributed by atoms with Crippen molar-refractivity contribution in [3.63, 3.8) is 0 Å². The van der Waals surface area contributed by atoms with E-state index in [0.29, 0.717) is 27.4 Å². The van der Waals surface area contributed by atoms with Crippen molar-refractivity contribution in [3.05, 3.63) is 106 Å². The normalized spacial score (nSPS) is 17.3. The average molecular weight is 507 g/mol. The zero-order chi connectivity index (χ0) is 24.5. The molecule has 176 valence electrons. The summed E-state index contributed by atoms with van der Waals surface area (Å²) in [6.07, 6.45) is 1.73. The molecule has 2 aromatic carbocycles. The van der Waals surface area contributed by atoms with Crippen molar-refractivity contribution in [2.24, 2.45) is 0 Å². The molecule has 0 saturated carbocycles. The van der Waals surface area contributed by atoms with Gasteiger partial charge in [-0.15, -0.1) is 0 Å². The Morgan fingerprint density at radius 3 is 2.60 bits per heavy atom. The number of nitrogens with one attached hydrogen (secondary N) is 1. The van der Waals surface area contributed by atoms with Crippen molar-refractivity contribution in [3.8, 4) is 17.1 Å². The number of hydrogen-bond donors (Lipinski definition) is 1. The maximum absolute atomic E-state index is 11.0. The van der Waals surface area contributed by atoms with Crippen molar-refractivity contribution < 1.29 is 14.1 Å². The van der Waals surface area contributed by atoms with Gasteiger partial charge in [-0.2, -0.15) is 0 Å². The molecule has 0 amide bonds. The molecule has 1 aliphatic rings. The number of nitrogens with zero attached hydrogens (tertiary/aromatic N) is 3. The minimum Gasteiger partial charge on any atom is -0.495 e. The monoisotopic (exact) mass is 506 g/mol. The summed E-state index contributed by atoms with van der Waals surface area (Å²) >= 11 is 12.2. The van der Waals surface area contributed by atoms with Crippen LogP contribution in [-0.2, 0) is 0 Å². The maximum atomic E-state index is 11.0. The van der Waals surface area contributed by atoms with Crippen LogP contribution in [0.2, 0.25) is 5.02 Å². The first-order chi connectivity index (χ1) is 17.0. The second-order valence-electron chi connectivity index (χ2n) is 7.82. The SMILES string of the molecule is COc1ccc(N2C(=S)NC(c3ccccn3)C2c2ccc(-c3ccc([N+](=O)[O-])cc3)o2)cc1Cl. The fraction of sp³-hybridized carbons (Fsp3) is 0.120. The molecule has 2 aromatic heterocycles. The van der Waals surface area contributed by atoms with Crippen molar-refractivity contribution in [1.82, 2.24) is 10.3 Å². The Balaban J connectivity index is 1.57. The van der Waals surface area contributed by atoms with Crippen molar-refractivity contribution in [2.45, 2.75) is 12.1 Å². The summed E-state index contributed by atoms with van der Waals surface area (Å²) in [6, 6.07) is 20.5. The minimum absolute atomic E-state index is 0.0173. The number of aromatic nitrogens is 1. The van der Waals surface area contributed by atoms with Crippen LogP contribution >= 0.6 is 23.8 Å². The number of halogens is 1. The minimum atomic E-state index is -0.433. The molecule has 2 atom stereocenters. The van der Waals surface area contributed by atoms with E-state index < -0.39 is 4.92 Å². The molecule has 0 radical (unpaired) electrons. The van der Waals surface area contributed by atoms with Crippen molar-refractivity contribution in [2.75, 3.05) is 12.0 Å². The average Bonchev–Trinajstić information content (AvgIpc) is 3.49. The van der Waals surface area contributed by atoms with Gasteiger partial charge in [-0.05, 0) is 66.8 Å². The van der Waals surface area contributed by atoms with Gasteiger partial charge in [0.2, 0.25) is 0 Å². The molecule has 4 aromatic rings. The summed E-state index contributed by atoms with van der Waals surface area (Å²) in [5.41, 5.74) is 2.31. The third-order valence-electron chi connectivity index (χ3n) is 5.79. The number of methoxy groups -OCH3 is 1. The molecule has 1 saturated heterocycles. The number of anilines is 1. The Bertz CT molecular complexity index is 1390. The van der Waals surface area contributed by atoms with E-state index >= 15 is 0 Å². The highest BCUT2D eigenvalue weighted by atomic mass is 35.5. The first-order valence-corrected chi connectivity index (χ1v) is 11.4. The highest BCUT2D eigenvalue weighted by Crippen LogP contribution is 2.44. The van der Waals surface area contributed by atoms with Crippen LogP contribution in [0.1, 0.15) is 23.5 Å². The molecule has 1 N–H and O–H groups in total. The lowest BCUT2D eigenvalue weighted by atomic mass is 10.0. The van der Waals surface area contributed by atoms with Gasteiger partial charge in [-0.1, -0.05) is 17.7 Å². The molecule has 3 heterocycles. The van der Waals surface area contributed by atoms with Crippen molar-refractivity contribution >= 4 is 40.3 Å². The van der Waals surface area contributed by atoms with Gasteiger partial charge >= 0.3 is 0 Å². The van der Waals surface area contributed by atoms with Crippen LogP contribution in [-0.4, -0.2) is 22.1 Å². The predicted octanol–water partition coefficient (Wildman–Crippen LogP) is 6.09. The number of pyridine rings is 1. The fourth-order valence-electron chi connectivity index (χ4n) is 4.14. The maximum Gasteiger partial charge on any atom is 0.269 e. The first kappa shape index (κ1) is 22.8. The summed E-state index contributed by atoms with van der Waals surface area (Å²) in [5, 5.41) is 15.3. The van der Waals surface area contributed by atoms with Crippen LogP contribution in [0, 0.1) is 10.1 Å². The van der Waals surface area contributed by atoms with E-state index in [1.165, 1.54) is 12.1 Å². The van der Waals surface area contributed by atoms with Crippen LogP contribution in [0.3, 0.4) is 0 Å². The van der Waals surface area contributed by atoms with Crippen LogP contribution < -0.4 is 15.0 Å². The highest BCUT2D eigenvalue weighted by molar-refractivity contribution is 7.80. The molecular weight excluding hydrogens is 488 g/mol. The number of furan rings is 1. The van der Waals surface area contributed by atoms with Gasteiger partial charge in [0, 0.05) is 29.6 Å². The lowest BCUT2D eigenvalue weighted by Crippen LogP contribution is -2.29. The first-order valence-electron chi connectivity index (χ1n) is 10.6. The number of ether oxygens (including phenoxy) is 1. The number of nitro benzene ring substituents is 1. The predicted molar refractivity (Wildman–Crippen MR) is 137 cm³/mol. The van der Waals surface area contributed by atoms with Gasteiger partial charge in [-0.3, -0.25) is 15.1 Å². The van der Waals surface area contributed by atoms with Crippen LogP contribution in [0.25, 0.3) is 11.3 Å². The standard InChI is InChI=1S/C25H19ClN4O4S/c1-33-21-10-9-17(14-18(21)26)29-24(23(28-25(29)35)19-4-2-3-13-27-19)22-12-11-20(34-22)15-5-7-16(8-6-15)30(31)32/h2-14,23-24H,1H3,(H,28,35). The molecule has 5 rings (SSSR count). The van der Waals surface area contributed by atoms with Gasteiger partial charge in [0.05, 0.1) is 28.8 Å². The highest BCUT2D eigenvalue weighted by Gasteiger charge is 2.42. The molecule has 2 unspecified atom stereocenters. The second-order valence-corrected chi connectivity index (χ2v) is 8.62. The molecule has 0 aliphatic carbocycles. The molecule has 0 spiro atoms. The van der Waals surface area contributed by atoms with E-state index in [1.807, 2.05) is 41.3 Å². The van der Waals surface area contributed by atoms with E-state index in [0.717, 1.165) is 16.9 Å². The third kappa shape index (κ3) is 4.31. The van der Waals surface area contributed by atoms with Gasteiger partial charge in [0.15, 0.2) is 5.11 Å². The number of thiocarbonyl (C=S) groups is 1. The molecule has 35 heavy (non-hydrogen) atoms. The van der Waals surface area contributed by atoms with E-state index in [-0.39, 0.29) is 17.8 Å². The number of non-ortho nitro benzene ring substituents is 1. The van der Waals surface area contributed by atoms with E-state index in [9.17, 15) is 10.1 Å². The molecule has 10 heteroatoms. The summed E-state index contributed by atoms with van der Waals surface area (Å²) in [6.45, 7) is 0. The zero-order valence-corrected chi connectivity index (χ0v) is 20.0. The molecular formula is C25H19ClN4O4S. The number of nitro groups is 1. The third-order valence-corrected chi connectivity index (χ3v) is 6.40. The zero-order valence-electron chi connectivity index (χ0n) is 18.4. The van der Waals surface area contributed by atoms with E-state index in [1.54, 1.807) is 37.6 Å². The molecule has 8 nitrogen and oxygen atoms in total. The molecule has 0 bridgehead atoms. The Labute approximate surface area is 211 Å². The van der Waals surface area contributed by atoms with Gasteiger partial charge in [-0.25, -0.2) is 0 Å². The van der Waals surface area contributed by atoms with Crippen LogP contribution in [0.4, 0.5) is 11.4 Å². The quantitative estimate of drug-likeness (QED) is 0.191. The Morgan fingerprint density at radius 1 is 1.14 bits per heavy atom. The summed E-state index contributed by atoms with van der Waals surface area (Å²) in [7, 11) is 1.56. The summed E-state index contributed by atoms with van der Waals surface area (Å²) in [5.74, 6) is 1.79. The lowest BCUT2D eigenvalue weighted by molar-refractivity contribution is -0.384. The van der Waals surface area contributed by atoms with E-state index in [4.69, 9.17) is 33.0 Å². The fourth-order valence-corrected chi connectivity index (χ4v) is 4.74. The summed E-state index contributed by atoms with van der Waals surface area (Å²) in [4.78, 5) is 17.0. The summed E-state index contributed by atoms with van der Waals surface area (Å²) < 4.78 is 11.6. The Morgan fingerprint density at radius 2 is 1.94 bits per heavy atom. The number of hydrogen-bond acceptors (Lipinski definition) is 6. The Hall–Kier alpha value is -3.95. The topological polar surface area (TPSA) is 93.7 Å². The smallest absolute Gasteiger partial charge is 0.269 e.